The fraction of sp³-hybridized carbons (Fsp3) is 0.588. The van der Waals surface area contributed by atoms with Gasteiger partial charge < -0.3 is 10.2 Å². The van der Waals surface area contributed by atoms with Crippen LogP contribution in [0, 0.1) is 13.8 Å². The number of amides is 1. The minimum absolute atomic E-state index is 0.148. The quantitative estimate of drug-likeness (QED) is 0.691. The molecule has 2 aromatic heterocycles. The lowest BCUT2D eigenvalue weighted by Gasteiger charge is -2.17. The average molecular weight is 367 g/mol. The summed E-state index contributed by atoms with van der Waals surface area (Å²) >= 11 is 6.15. The second-order valence-electron chi connectivity index (χ2n) is 6.00. The van der Waals surface area contributed by atoms with Gasteiger partial charge in [0.1, 0.15) is 12.4 Å². The second kappa shape index (κ2) is 9.01. The van der Waals surface area contributed by atoms with E-state index in [0.29, 0.717) is 23.9 Å². The number of rotatable bonds is 9. The fourth-order valence-electron chi connectivity index (χ4n) is 2.65. The predicted molar refractivity (Wildman–Crippen MR) is 99.1 cm³/mol. The Morgan fingerprint density at radius 2 is 2.00 bits per heavy atom. The van der Waals surface area contributed by atoms with Gasteiger partial charge >= 0.3 is 0 Å². The van der Waals surface area contributed by atoms with Gasteiger partial charge in [-0.1, -0.05) is 25.4 Å². The molecule has 7 nitrogen and oxygen atoms in total. The van der Waals surface area contributed by atoms with Gasteiger partial charge in [-0.15, -0.1) is 0 Å². The number of nitrogens with zero attached hydrogens (tertiary/aromatic N) is 5. The first kappa shape index (κ1) is 19.5. The van der Waals surface area contributed by atoms with Gasteiger partial charge in [0.05, 0.1) is 16.4 Å². The molecule has 2 heterocycles. The number of nitrogens with one attached hydrogen (secondary N) is 1. The van der Waals surface area contributed by atoms with E-state index in [0.717, 1.165) is 37.4 Å². The normalized spacial score (nSPS) is 11.3. The van der Waals surface area contributed by atoms with E-state index in [-0.39, 0.29) is 5.91 Å². The molecule has 2 aromatic rings. The molecule has 0 aliphatic carbocycles. The van der Waals surface area contributed by atoms with Crippen molar-refractivity contribution in [3.05, 3.63) is 34.4 Å². The molecule has 0 spiro atoms. The molecule has 0 radical (unpaired) electrons. The van der Waals surface area contributed by atoms with E-state index in [1.807, 2.05) is 13.8 Å². The van der Waals surface area contributed by atoms with Crippen LogP contribution in [0.5, 0.6) is 0 Å². The number of hydrogen-bond acceptors (Lipinski definition) is 4. The summed E-state index contributed by atoms with van der Waals surface area (Å²) in [5.41, 5.74) is 2.09. The van der Waals surface area contributed by atoms with Crippen molar-refractivity contribution in [1.82, 2.24) is 29.8 Å². The molecule has 0 aliphatic rings. The molecule has 0 aliphatic heterocycles. The maximum Gasteiger partial charge on any atom is 0.271 e. The molecule has 0 unspecified atom stereocenters. The van der Waals surface area contributed by atoms with Gasteiger partial charge in [0.2, 0.25) is 0 Å². The lowest BCUT2D eigenvalue weighted by molar-refractivity contribution is 0.0946. The summed E-state index contributed by atoms with van der Waals surface area (Å²) in [5, 5.41) is 12.3. The summed E-state index contributed by atoms with van der Waals surface area (Å²) in [4.78, 5) is 14.5. The first-order valence-electron chi connectivity index (χ1n) is 8.69. The van der Waals surface area contributed by atoms with Gasteiger partial charge in [-0.2, -0.15) is 10.2 Å². The molecule has 0 fully saturated rings. The SMILES string of the molecule is CCN(CC)CCCNC(=O)c1ccn(Cn2nc(C)c(Cl)c2C)n1. The third-order valence-corrected chi connectivity index (χ3v) is 4.82. The van der Waals surface area contributed by atoms with E-state index in [1.54, 1.807) is 21.6 Å². The second-order valence-corrected chi connectivity index (χ2v) is 6.38. The highest BCUT2D eigenvalue weighted by molar-refractivity contribution is 6.31. The number of carbonyl (C=O) groups is 1. The molecule has 0 aromatic carbocycles. The molecular formula is C17H27ClN6O. The number of aryl methyl sites for hydroxylation is 1. The summed E-state index contributed by atoms with van der Waals surface area (Å²) in [6.45, 7) is 12.2. The smallest absolute Gasteiger partial charge is 0.271 e. The zero-order valence-corrected chi connectivity index (χ0v) is 16.2. The van der Waals surface area contributed by atoms with Crippen LogP contribution in [0.3, 0.4) is 0 Å². The Hall–Kier alpha value is -1.86. The van der Waals surface area contributed by atoms with Gasteiger partial charge in [0.15, 0.2) is 0 Å². The molecule has 25 heavy (non-hydrogen) atoms. The summed E-state index contributed by atoms with van der Waals surface area (Å²) in [5.74, 6) is -0.148. The standard InChI is InChI=1S/C17H27ClN6O/c1-5-22(6-2)10-7-9-19-17(25)15-8-11-23(21-15)12-24-14(4)16(18)13(3)20-24/h8,11H,5-7,9-10,12H2,1-4H3,(H,19,25). The van der Waals surface area contributed by atoms with Crippen LogP contribution >= 0.6 is 11.6 Å². The molecule has 1 N–H and O–H groups in total. The maximum absolute atomic E-state index is 12.2. The first-order chi connectivity index (χ1) is 12.0. The maximum atomic E-state index is 12.2. The van der Waals surface area contributed by atoms with Crippen LogP contribution in [-0.4, -0.2) is 56.5 Å². The van der Waals surface area contributed by atoms with Gasteiger partial charge in [0.25, 0.3) is 5.91 Å². The Balaban J connectivity index is 1.85. The zero-order valence-electron chi connectivity index (χ0n) is 15.4. The van der Waals surface area contributed by atoms with Crippen molar-refractivity contribution in [2.24, 2.45) is 0 Å². The fourth-order valence-corrected chi connectivity index (χ4v) is 2.78. The molecule has 0 atom stereocenters. The van der Waals surface area contributed by atoms with Gasteiger partial charge in [-0.05, 0) is 46.0 Å². The van der Waals surface area contributed by atoms with Crippen molar-refractivity contribution in [3.8, 4) is 0 Å². The van der Waals surface area contributed by atoms with E-state index in [9.17, 15) is 4.79 Å². The van der Waals surface area contributed by atoms with Crippen molar-refractivity contribution in [2.45, 2.75) is 40.8 Å². The van der Waals surface area contributed by atoms with Gasteiger partial charge in [-0.25, -0.2) is 4.68 Å². The number of carbonyl (C=O) groups excluding carboxylic acids is 1. The molecule has 0 saturated carbocycles. The Labute approximate surface area is 153 Å². The average Bonchev–Trinajstić information content (AvgIpc) is 3.16. The highest BCUT2D eigenvalue weighted by Crippen LogP contribution is 2.18. The largest absolute Gasteiger partial charge is 0.351 e. The zero-order chi connectivity index (χ0) is 18.4. The van der Waals surface area contributed by atoms with Crippen LogP contribution in [0.2, 0.25) is 5.02 Å². The lowest BCUT2D eigenvalue weighted by atomic mass is 10.3. The summed E-state index contributed by atoms with van der Waals surface area (Å²) in [6, 6.07) is 1.72. The Morgan fingerprint density at radius 3 is 2.60 bits per heavy atom. The van der Waals surface area contributed by atoms with E-state index in [2.05, 4.69) is 34.3 Å². The van der Waals surface area contributed by atoms with Crippen molar-refractivity contribution in [1.29, 1.82) is 0 Å². The van der Waals surface area contributed by atoms with Crippen LogP contribution in [0.4, 0.5) is 0 Å². The number of halogens is 1. The number of hydrogen-bond donors (Lipinski definition) is 1. The highest BCUT2D eigenvalue weighted by Gasteiger charge is 2.12. The van der Waals surface area contributed by atoms with Gasteiger partial charge in [-0.3, -0.25) is 9.48 Å². The van der Waals surface area contributed by atoms with Crippen LogP contribution in [0.15, 0.2) is 12.3 Å². The summed E-state index contributed by atoms with van der Waals surface area (Å²) < 4.78 is 3.46. The minimum Gasteiger partial charge on any atom is -0.351 e. The van der Waals surface area contributed by atoms with Crippen LogP contribution < -0.4 is 5.32 Å². The Bertz CT molecular complexity index is 704. The first-order valence-corrected chi connectivity index (χ1v) is 9.07. The lowest BCUT2D eigenvalue weighted by Crippen LogP contribution is -2.30. The molecule has 1 amide bonds. The van der Waals surface area contributed by atoms with Crippen LogP contribution in [-0.2, 0) is 6.67 Å². The highest BCUT2D eigenvalue weighted by atomic mass is 35.5. The monoisotopic (exact) mass is 366 g/mol. The minimum atomic E-state index is -0.148. The van der Waals surface area contributed by atoms with E-state index < -0.39 is 0 Å². The third kappa shape index (κ3) is 5.06. The van der Waals surface area contributed by atoms with Crippen molar-refractivity contribution >= 4 is 17.5 Å². The molecule has 0 saturated heterocycles. The van der Waals surface area contributed by atoms with Crippen LogP contribution in [0.1, 0.15) is 42.1 Å². The summed E-state index contributed by atoms with van der Waals surface area (Å²) in [6.07, 6.45) is 2.70. The Kier molecular flexibility index (Phi) is 7.01. The Morgan fingerprint density at radius 1 is 1.28 bits per heavy atom. The predicted octanol–water partition coefficient (Wildman–Crippen LogP) is 2.32. The molecular weight excluding hydrogens is 340 g/mol. The molecule has 138 valence electrons. The van der Waals surface area contributed by atoms with Crippen molar-refractivity contribution in [2.75, 3.05) is 26.2 Å². The molecule has 0 bridgehead atoms. The van der Waals surface area contributed by atoms with Gasteiger partial charge in [0, 0.05) is 12.7 Å². The topological polar surface area (TPSA) is 68.0 Å². The van der Waals surface area contributed by atoms with Crippen molar-refractivity contribution < 1.29 is 4.79 Å². The van der Waals surface area contributed by atoms with E-state index >= 15 is 0 Å². The molecule has 2 rings (SSSR count). The number of aromatic nitrogens is 4. The van der Waals surface area contributed by atoms with E-state index in [4.69, 9.17) is 11.6 Å². The van der Waals surface area contributed by atoms with E-state index in [1.165, 1.54) is 0 Å². The summed E-state index contributed by atoms with van der Waals surface area (Å²) in [7, 11) is 0. The molecule has 8 heteroatoms. The van der Waals surface area contributed by atoms with Crippen molar-refractivity contribution in [3.63, 3.8) is 0 Å². The van der Waals surface area contributed by atoms with Crippen LogP contribution in [0.25, 0.3) is 0 Å². The third-order valence-electron chi connectivity index (χ3n) is 4.28.